The van der Waals surface area contributed by atoms with Crippen LogP contribution in [0.15, 0.2) is 18.2 Å². The Morgan fingerprint density at radius 2 is 2.12 bits per heavy atom. The number of hydrogen-bond acceptors (Lipinski definition) is 2. The van der Waals surface area contributed by atoms with E-state index in [1.165, 1.54) is 36.0 Å². The van der Waals surface area contributed by atoms with Gasteiger partial charge in [-0.3, -0.25) is 0 Å². The Morgan fingerprint density at radius 3 is 2.76 bits per heavy atom. The molecular formula is C15H24N2. The smallest absolute Gasteiger partial charge is 0.0309 e. The van der Waals surface area contributed by atoms with Gasteiger partial charge in [0.05, 0.1) is 0 Å². The summed E-state index contributed by atoms with van der Waals surface area (Å²) in [5, 5.41) is 3.57. The first-order chi connectivity index (χ1) is 8.16. The Balaban J connectivity index is 1.98. The summed E-state index contributed by atoms with van der Waals surface area (Å²) in [4.78, 5) is 0. The third-order valence-corrected chi connectivity index (χ3v) is 3.91. The number of hydrogen-bond donors (Lipinski definition) is 2. The Hall–Kier alpha value is -0.860. The zero-order valence-electron chi connectivity index (χ0n) is 11.0. The zero-order valence-corrected chi connectivity index (χ0v) is 11.0. The van der Waals surface area contributed by atoms with Gasteiger partial charge in [0.1, 0.15) is 0 Å². The number of rotatable bonds is 3. The minimum Gasteiger partial charge on any atom is -0.324 e. The molecule has 17 heavy (non-hydrogen) atoms. The van der Waals surface area contributed by atoms with Gasteiger partial charge in [-0.2, -0.15) is 0 Å². The first-order valence-corrected chi connectivity index (χ1v) is 6.73. The van der Waals surface area contributed by atoms with Crippen molar-refractivity contribution in [3.8, 4) is 0 Å². The van der Waals surface area contributed by atoms with Gasteiger partial charge in [-0.25, -0.2) is 0 Å². The molecule has 0 amide bonds. The third-order valence-electron chi connectivity index (χ3n) is 3.91. The maximum atomic E-state index is 6.30. The van der Waals surface area contributed by atoms with E-state index in [-0.39, 0.29) is 6.04 Å². The van der Waals surface area contributed by atoms with E-state index in [0.717, 1.165) is 13.0 Å². The van der Waals surface area contributed by atoms with E-state index in [1.807, 2.05) is 0 Å². The SMILES string of the molecule is Cc1ccc(C(N)CC2CCCCN2)cc1C. The van der Waals surface area contributed by atoms with Crippen LogP contribution >= 0.6 is 0 Å². The summed E-state index contributed by atoms with van der Waals surface area (Å²) in [6, 6.07) is 7.38. The fraction of sp³-hybridized carbons (Fsp3) is 0.600. The van der Waals surface area contributed by atoms with E-state index >= 15 is 0 Å². The Labute approximate surface area is 105 Å². The van der Waals surface area contributed by atoms with Crippen molar-refractivity contribution < 1.29 is 0 Å². The summed E-state index contributed by atoms with van der Waals surface area (Å²) in [5.74, 6) is 0. The highest BCUT2D eigenvalue weighted by Gasteiger charge is 2.17. The highest BCUT2D eigenvalue weighted by molar-refractivity contribution is 5.31. The van der Waals surface area contributed by atoms with Gasteiger partial charge < -0.3 is 11.1 Å². The van der Waals surface area contributed by atoms with Crippen LogP contribution in [0.3, 0.4) is 0 Å². The van der Waals surface area contributed by atoms with Crippen LogP contribution in [0.2, 0.25) is 0 Å². The second kappa shape index (κ2) is 5.65. The molecule has 0 saturated carbocycles. The lowest BCUT2D eigenvalue weighted by atomic mass is 9.93. The standard InChI is InChI=1S/C15H24N2/c1-11-6-7-13(9-12(11)2)15(16)10-14-5-3-4-8-17-14/h6-7,9,14-15,17H,3-5,8,10,16H2,1-2H3. The van der Waals surface area contributed by atoms with Crippen LogP contribution in [0.25, 0.3) is 0 Å². The molecule has 94 valence electrons. The first kappa shape index (κ1) is 12.6. The number of nitrogens with two attached hydrogens (primary N) is 1. The van der Waals surface area contributed by atoms with Crippen molar-refractivity contribution >= 4 is 0 Å². The van der Waals surface area contributed by atoms with Crippen LogP contribution in [0.1, 0.15) is 48.4 Å². The van der Waals surface area contributed by atoms with E-state index in [4.69, 9.17) is 5.73 Å². The quantitative estimate of drug-likeness (QED) is 0.841. The van der Waals surface area contributed by atoms with Crippen molar-refractivity contribution in [3.05, 3.63) is 34.9 Å². The topological polar surface area (TPSA) is 38.0 Å². The molecule has 1 aromatic carbocycles. The molecule has 0 bridgehead atoms. The second-order valence-electron chi connectivity index (χ2n) is 5.33. The van der Waals surface area contributed by atoms with Gasteiger partial charge in [0, 0.05) is 12.1 Å². The summed E-state index contributed by atoms with van der Waals surface area (Å²) in [6.07, 6.45) is 4.99. The van der Waals surface area contributed by atoms with E-state index in [9.17, 15) is 0 Å². The minimum atomic E-state index is 0.171. The molecule has 1 aromatic rings. The van der Waals surface area contributed by atoms with Crippen LogP contribution in [0.5, 0.6) is 0 Å². The van der Waals surface area contributed by atoms with Crippen molar-refractivity contribution in [3.63, 3.8) is 0 Å². The lowest BCUT2D eigenvalue weighted by Gasteiger charge is -2.26. The van der Waals surface area contributed by atoms with Crippen LogP contribution < -0.4 is 11.1 Å². The van der Waals surface area contributed by atoms with Crippen LogP contribution in [-0.4, -0.2) is 12.6 Å². The van der Waals surface area contributed by atoms with Crippen molar-refractivity contribution in [1.82, 2.24) is 5.32 Å². The Kier molecular flexibility index (Phi) is 4.19. The summed E-state index contributed by atoms with van der Waals surface area (Å²) < 4.78 is 0. The van der Waals surface area contributed by atoms with Gasteiger partial charge >= 0.3 is 0 Å². The maximum absolute atomic E-state index is 6.30. The minimum absolute atomic E-state index is 0.171. The number of nitrogens with one attached hydrogen (secondary N) is 1. The first-order valence-electron chi connectivity index (χ1n) is 6.73. The molecule has 1 heterocycles. The van der Waals surface area contributed by atoms with Crippen molar-refractivity contribution in [2.24, 2.45) is 5.73 Å². The highest BCUT2D eigenvalue weighted by atomic mass is 14.9. The third kappa shape index (κ3) is 3.30. The molecule has 0 aromatic heterocycles. The Morgan fingerprint density at radius 1 is 1.29 bits per heavy atom. The summed E-state index contributed by atoms with van der Waals surface area (Å²) >= 11 is 0. The van der Waals surface area contributed by atoms with Gasteiger partial charge in [0.15, 0.2) is 0 Å². The fourth-order valence-corrected chi connectivity index (χ4v) is 2.56. The molecule has 1 saturated heterocycles. The average Bonchev–Trinajstić information content (AvgIpc) is 2.34. The number of piperidine rings is 1. The predicted octanol–water partition coefficient (Wildman–Crippen LogP) is 2.84. The molecular weight excluding hydrogens is 208 g/mol. The molecule has 2 unspecified atom stereocenters. The molecule has 2 rings (SSSR count). The van der Waals surface area contributed by atoms with Crippen LogP contribution in [0.4, 0.5) is 0 Å². The zero-order chi connectivity index (χ0) is 12.3. The Bertz CT molecular complexity index is 367. The fourth-order valence-electron chi connectivity index (χ4n) is 2.56. The molecule has 1 aliphatic rings. The van der Waals surface area contributed by atoms with Crippen molar-refractivity contribution in [2.75, 3.05) is 6.54 Å². The van der Waals surface area contributed by atoms with E-state index in [2.05, 4.69) is 37.4 Å². The second-order valence-corrected chi connectivity index (χ2v) is 5.33. The molecule has 0 radical (unpaired) electrons. The van der Waals surface area contributed by atoms with E-state index in [1.54, 1.807) is 0 Å². The number of aryl methyl sites for hydroxylation is 2. The molecule has 1 fully saturated rings. The van der Waals surface area contributed by atoms with Gasteiger partial charge in [-0.1, -0.05) is 24.6 Å². The van der Waals surface area contributed by atoms with E-state index < -0.39 is 0 Å². The van der Waals surface area contributed by atoms with Crippen LogP contribution in [0, 0.1) is 13.8 Å². The number of benzene rings is 1. The maximum Gasteiger partial charge on any atom is 0.0309 e. The molecule has 2 atom stereocenters. The van der Waals surface area contributed by atoms with Crippen molar-refractivity contribution in [2.45, 2.75) is 51.6 Å². The van der Waals surface area contributed by atoms with Gasteiger partial charge in [0.2, 0.25) is 0 Å². The largest absolute Gasteiger partial charge is 0.324 e. The monoisotopic (exact) mass is 232 g/mol. The molecule has 2 heteroatoms. The summed E-state index contributed by atoms with van der Waals surface area (Å²) in [6.45, 7) is 5.46. The van der Waals surface area contributed by atoms with Crippen LogP contribution in [-0.2, 0) is 0 Å². The van der Waals surface area contributed by atoms with Gasteiger partial charge in [-0.15, -0.1) is 0 Å². The molecule has 2 nitrogen and oxygen atoms in total. The molecule has 0 spiro atoms. The van der Waals surface area contributed by atoms with Gasteiger partial charge in [0.25, 0.3) is 0 Å². The predicted molar refractivity (Wildman–Crippen MR) is 73.1 cm³/mol. The van der Waals surface area contributed by atoms with Gasteiger partial charge in [-0.05, 0) is 56.3 Å². The normalized spacial score (nSPS) is 22.4. The highest BCUT2D eigenvalue weighted by Crippen LogP contribution is 2.22. The average molecular weight is 232 g/mol. The lowest BCUT2D eigenvalue weighted by molar-refractivity contribution is 0.362. The lowest BCUT2D eigenvalue weighted by Crippen LogP contribution is -2.36. The summed E-state index contributed by atoms with van der Waals surface area (Å²) in [5.41, 5.74) is 10.3. The molecule has 3 N–H and O–H groups in total. The summed E-state index contributed by atoms with van der Waals surface area (Å²) in [7, 11) is 0. The van der Waals surface area contributed by atoms with Crippen molar-refractivity contribution in [1.29, 1.82) is 0 Å². The molecule has 1 aliphatic heterocycles. The van der Waals surface area contributed by atoms with E-state index in [0.29, 0.717) is 6.04 Å². The molecule has 0 aliphatic carbocycles.